The van der Waals surface area contributed by atoms with Crippen molar-refractivity contribution in [1.29, 1.82) is 0 Å². The number of benzene rings is 1. The van der Waals surface area contributed by atoms with Crippen LogP contribution in [0.1, 0.15) is 12.0 Å². The first kappa shape index (κ1) is 11.0. The van der Waals surface area contributed by atoms with E-state index in [2.05, 4.69) is 17.5 Å². The average molecular weight is 219 g/mol. The predicted octanol–water partition coefficient (Wildman–Crippen LogP) is 2.08. The van der Waals surface area contributed by atoms with E-state index in [0.717, 1.165) is 36.6 Å². The summed E-state index contributed by atoms with van der Waals surface area (Å²) in [5.74, 6) is 1.62. The monoisotopic (exact) mass is 219 g/mol. The lowest BCUT2D eigenvalue weighted by Crippen LogP contribution is -2.20. The first-order valence-electron chi connectivity index (χ1n) is 5.48. The van der Waals surface area contributed by atoms with Gasteiger partial charge in [-0.3, -0.25) is 0 Å². The number of nitrogens with one attached hydrogen (secondary N) is 1. The van der Waals surface area contributed by atoms with Gasteiger partial charge in [-0.05, 0) is 24.6 Å². The minimum atomic E-state index is 0.791. The summed E-state index contributed by atoms with van der Waals surface area (Å²) >= 11 is 0. The van der Waals surface area contributed by atoms with Gasteiger partial charge in [-0.2, -0.15) is 0 Å². The molecule has 3 heteroatoms. The number of methoxy groups -OCH3 is 2. The summed E-state index contributed by atoms with van der Waals surface area (Å²) in [6.45, 7) is 1.95. The van der Waals surface area contributed by atoms with Crippen LogP contribution in [0.3, 0.4) is 0 Å². The molecule has 1 aromatic carbocycles. The molecule has 3 nitrogen and oxygen atoms in total. The molecule has 0 spiro atoms. The Labute approximate surface area is 96.1 Å². The van der Waals surface area contributed by atoms with Crippen molar-refractivity contribution in [2.45, 2.75) is 6.42 Å². The summed E-state index contributed by atoms with van der Waals surface area (Å²) < 4.78 is 10.7. The SMILES string of the molecule is COc1cccc(C2=CCNCC2)c1OC. The molecular weight excluding hydrogens is 202 g/mol. The maximum atomic E-state index is 5.43. The molecule has 0 unspecified atom stereocenters. The molecule has 0 bridgehead atoms. The van der Waals surface area contributed by atoms with Gasteiger partial charge in [0.1, 0.15) is 0 Å². The third kappa shape index (κ3) is 2.04. The summed E-state index contributed by atoms with van der Waals surface area (Å²) in [4.78, 5) is 0. The molecule has 1 aliphatic rings. The Kier molecular flexibility index (Phi) is 3.47. The zero-order valence-electron chi connectivity index (χ0n) is 9.75. The number of rotatable bonds is 3. The molecule has 1 N–H and O–H groups in total. The van der Waals surface area contributed by atoms with Gasteiger partial charge in [-0.1, -0.05) is 18.2 Å². The highest BCUT2D eigenvalue weighted by molar-refractivity contribution is 5.73. The number of para-hydroxylation sites is 1. The lowest BCUT2D eigenvalue weighted by atomic mass is 9.99. The minimum absolute atomic E-state index is 0.791. The van der Waals surface area contributed by atoms with Crippen LogP contribution in [-0.4, -0.2) is 27.3 Å². The van der Waals surface area contributed by atoms with Crippen molar-refractivity contribution in [3.05, 3.63) is 29.8 Å². The highest BCUT2D eigenvalue weighted by Crippen LogP contribution is 2.36. The molecule has 86 valence electrons. The highest BCUT2D eigenvalue weighted by atomic mass is 16.5. The molecule has 0 fully saturated rings. The largest absolute Gasteiger partial charge is 0.493 e. The Hall–Kier alpha value is -1.48. The van der Waals surface area contributed by atoms with Crippen LogP contribution >= 0.6 is 0 Å². The third-order valence-electron chi connectivity index (χ3n) is 2.81. The summed E-state index contributed by atoms with van der Waals surface area (Å²) in [5, 5.41) is 3.30. The molecule has 1 aromatic rings. The fraction of sp³-hybridized carbons (Fsp3) is 0.385. The van der Waals surface area contributed by atoms with E-state index in [4.69, 9.17) is 9.47 Å². The zero-order valence-corrected chi connectivity index (χ0v) is 9.75. The Morgan fingerprint density at radius 1 is 1.19 bits per heavy atom. The fourth-order valence-electron chi connectivity index (χ4n) is 2.01. The molecule has 0 atom stereocenters. The van der Waals surface area contributed by atoms with Crippen molar-refractivity contribution >= 4 is 5.57 Å². The number of ether oxygens (including phenoxy) is 2. The molecule has 1 aliphatic heterocycles. The third-order valence-corrected chi connectivity index (χ3v) is 2.81. The highest BCUT2D eigenvalue weighted by Gasteiger charge is 2.14. The van der Waals surface area contributed by atoms with Crippen LogP contribution in [0.4, 0.5) is 0 Å². The molecule has 0 amide bonds. The van der Waals surface area contributed by atoms with E-state index >= 15 is 0 Å². The summed E-state index contributed by atoms with van der Waals surface area (Å²) in [6.07, 6.45) is 3.24. The Morgan fingerprint density at radius 2 is 2.06 bits per heavy atom. The molecule has 1 heterocycles. The summed E-state index contributed by atoms with van der Waals surface area (Å²) in [7, 11) is 3.35. The first-order chi connectivity index (χ1) is 7.86. The zero-order chi connectivity index (χ0) is 11.4. The van der Waals surface area contributed by atoms with Gasteiger partial charge in [0.05, 0.1) is 14.2 Å². The lowest BCUT2D eigenvalue weighted by molar-refractivity contribution is 0.354. The lowest BCUT2D eigenvalue weighted by Gasteiger charge is -2.18. The van der Waals surface area contributed by atoms with Crippen LogP contribution in [0.15, 0.2) is 24.3 Å². The van der Waals surface area contributed by atoms with E-state index < -0.39 is 0 Å². The summed E-state index contributed by atoms with van der Waals surface area (Å²) in [5.41, 5.74) is 2.47. The standard InChI is InChI=1S/C13H17NO2/c1-15-12-5-3-4-11(13(12)16-2)10-6-8-14-9-7-10/h3-6,14H,7-9H2,1-2H3. The molecular formula is C13H17NO2. The van der Waals surface area contributed by atoms with Crippen LogP contribution in [0.5, 0.6) is 11.5 Å². The van der Waals surface area contributed by atoms with Gasteiger partial charge in [0, 0.05) is 12.1 Å². The van der Waals surface area contributed by atoms with Crippen LogP contribution in [0, 0.1) is 0 Å². The Balaban J connectivity index is 2.42. The van der Waals surface area contributed by atoms with Crippen LogP contribution < -0.4 is 14.8 Å². The maximum absolute atomic E-state index is 5.43. The van der Waals surface area contributed by atoms with Gasteiger partial charge in [0.25, 0.3) is 0 Å². The first-order valence-corrected chi connectivity index (χ1v) is 5.48. The van der Waals surface area contributed by atoms with Gasteiger partial charge < -0.3 is 14.8 Å². The smallest absolute Gasteiger partial charge is 0.168 e. The fourth-order valence-corrected chi connectivity index (χ4v) is 2.01. The van der Waals surface area contributed by atoms with Gasteiger partial charge >= 0.3 is 0 Å². The second kappa shape index (κ2) is 5.03. The van der Waals surface area contributed by atoms with E-state index in [9.17, 15) is 0 Å². The number of hydrogen-bond acceptors (Lipinski definition) is 3. The van der Waals surface area contributed by atoms with E-state index in [1.807, 2.05) is 12.1 Å². The van der Waals surface area contributed by atoms with Gasteiger partial charge in [0.15, 0.2) is 11.5 Å². The second-order valence-electron chi connectivity index (χ2n) is 3.72. The number of hydrogen-bond donors (Lipinski definition) is 1. The summed E-state index contributed by atoms with van der Waals surface area (Å²) in [6, 6.07) is 6.00. The average Bonchev–Trinajstić information content (AvgIpc) is 2.38. The maximum Gasteiger partial charge on any atom is 0.168 e. The van der Waals surface area contributed by atoms with Gasteiger partial charge in [-0.25, -0.2) is 0 Å². The van der Waals surface area contributed by atoms with Crippen molar-refractivity contribution in [2.24, 2.45) is 0 Å². The molecule has 0 aliphatic carbocycles. The normalized spacial score (nSPS) is 15.5. The van der Waals surface area contributed by atoms with E-state index in [0.29, 0.717) is 0 Å². The minimum Gasteiger partial charge on any atom is -0.493 e. The molecule has 0 saturated carbocycles. The molecule has 0 radical (unpaired) electrons. The predicted molar refractivity (Wildman–Crippen MR) is 65.0 cm³/mol. The van der Waals surface area contributed by atoms with Crippen LogP contribution in [0.2, 0.25) is 0 Å². The van der Waals surface area contributed by atoms with Crippen molar-refractivity contribution in [2.75, 3.05) is 27.3 Å². The quantitative estimate of drug-likeness (QED) is 0.844. The topological polar surface area (TPSA) is 30.5 Å². The van der Waals surface area contributed by atoms with Gasteiger partial charge in [-0.15, -0.1) is 0 Å². The molecule has 0 aromatic heterocycles. The second-order valence-corrected chi connectivity index (χ2v) is 3.72. The van der Waals surface area contributed by atoms with Crippen molar-refractivity contribution in [3.8, 4) is 11.5 Å². The van der Waals surface area contributed by atoms with Crippen molar-refractivity contribution < 1.29 is 9.47 Å². The molecule has 0 saturated heterocycles. The Bertz CT molecular complexity index is 399. The van der Waals surface area contributed by atoms with Crippen LogP contribution in [-0.2, 0) is 0 Å². The Morgan fingerprint density at radius 3 is 2.69 bits per heavy atom. The van der Waals surface area contributed by atoms with E-state index in [-0.39, 0.29) is 0 Å². The van der Waals surface area contributed by atoms with E-state index in [1.54, 1.807) is 14.2 Å². The van der Waals surface area contributed by atoms with Crippen molar-refractivity contribution in [3.63, 3.8) is 0 Å². The molecule has 16 heavy (non-hydrogen) atoms. The van der Waals surface area contributed by atoms with Gasteiger partial charge in [0.2, 0.25) is 0 Å². The molecule has 2 rings (SSSR count). The van der Waals surface area contributed by atoms with Crippen molar-refractivity contribution in [1.82, 2.24) is 5.32 Å². The van der Waals surface area contributed by atoms with Crippen LogP contribution in [0.25, 0.3) is 5.57 Å². The van der Waals surface area contributed by atoms with E-state index in [1.165, 1.54) is 5.57 Å².